The van der Waals surface area contributed by atoms with Crippen LogP contribution in [-0.4, -0.2) is 42.1 Å². The van der Waals surface area contributed by atoms with E-state index in [1.54, 1.807) is 30.3 Å². The summed E-state index contributed by atoms with van der Waals surface area (Å²) in [5.41, 5.74) is 2.41. The molecule has 2 N–H and O–H groups in total. The van der Waals surface area contributed by atoms with Gasteiger partial charge in [0.1, 0.15) is 0 Å². The SMILES string of the molecule is O=C(CCN1CCC(C(=O)Nc2ccccc2)CC1)Nc1ccccc1C(=O)c1ccccc1. The first-order valence-electron chi connectivity index (χ1n) is 11.7. The molecule has 0 aromatic heterocycles. The first-order valence-corrected chi connectivity index (χ1v) is 11.7. The third-order valence-corrected chi connectivity index (χ3v) is 6.14. The van der Waals surface area contributed by atoms with E-state index in [0.29, 0.717) is 29.8 Å². The molecule has 4 rings (SSSR count). The fourth-order valence-electron chi connectivity index (χ4n) is 4.19. The van der Waals surface area contributed by atoms with Crippen LogP contribution in [0.2, 0.25) is 0 Å². The van der Waals surface area contributed by atoms with Crippen LogP contribution in [0, 0.1) is 5.92 Å². The summed E-state index contributed by atoms with van der Waals surface area (Å²) in [6, 6.07) is 25.6. The minimum atomic E-state index is -0.128. The zero-order valence-corrected chi connectivity index (χ0v) is 19.1. The van der Waals surface area contributed by atoms with E-state index in [4.69, 9.17) is 0 Å². The molecule has 0 bridgehead atoms. The molecule has 1 saturated heterocycles. The van der Waals surface area contributed by atoms with E-state index in [0.717, 1.165) is 31.6 Å². The van der Waals surface area contributed by atoms with Crippen molar-refractivity contribution in [3.05, 3.63) is 96.1 Å². The molecular formula is C28H29N3O3. The maximum Gasteiger partial charge on any atom is 0.227 e. The van der Waals surface area contributed by atoms with Gasteiger partial charge in [-0.15, -0.1) is 0 Å². The van der Waals surface area contributed by atoms with E-state index >= 15 is 0 Å². The summed E-state index contributed by atoms with van der Waals surface area (Å²) in [4.78, 5) is 40.2. The van der Waals surface area contributed by atoms with E-state index in [2.05, 4.69) is 15.5 Å². The maximum absolute atomic E-state index is 12.9. The van der Waals surface area contributed by atoms with Crippen molar-refractivity contribution in [1.29, 1.82) is 0 Å². The smallest absolute Gasteiger partial charge is 0.227 e. The lowest BCUT2D eigenvalue weighted by Crippen LogP contribution is -2.39. The summed E-state index contributed by atoms with van der Waals surface area (Å²) < 4.78 is 0. The molecule has 3 aromatic rings. The molecule has 1 aliphatic rings. The number of ketones is 1. The maximum atomic E-state index is 12.9. The average Bonchev–Trinajstić information content (AvgIpc) is 2.89. The van der Waals surface area contributed by atoms with Crippen molar-refractivity contribution in [3.8, 4) is 0 Å². The van der Waals surface area contributed by atoms with Crippen LogP contribution in [0.1, 0.15) is 35.2 Å². The molecule has 3 aromatic carbocycles. The Morgan fingerprint density at radius 3 is 2.09 bits per heavy atom. The zero-order chi connectivity index (χ0) is 23.8. The molecule has 34 heavy (non-hydrogen) atoms. The molecule has 1 fully saturated rings. The van der Waals surface area contributed by atoms with Crippen molar-refractivity contribution in [3.63, 3.8) is 0 Å². The molecule has 6 nitrogen and oxygen atoms in total. The van der Waals surface area contributed by atoms with Crippen molar-refractivity contribution < 1.29 is 14.4 Å². The van der Waals surface area contributed by atoms with E-state index in [-0.39, 0.29) is 23.5 Å². The Hall–Kier alpha value is -3.77. The quantitative estimate of drug-likeness (QED) is 0.487. The van der Waals surface area contributed by atoms with Gasteiger partial charge in [0, 0.05) is 35.7 Å². The van der Waals surface area contributed by atoms with Gasteiger partial charge in [0.05, 0.1) is 5.69 Å². The Labute approximate surface area is 200 Å². The number of hydrogen-bond acceptors (Lipinski definition) is 4. The van der Waals surface area contributed by atoms with Gasteiger partial charge in [0.2, 0.25) is 11.8 Å². The van der Waals surface area contributed by atoms with Crippen molar-refractivity contribution in [2.75, 3.05) is 30.3 Å². The van der Waals surface area contributed by atoms with Crippen LogP contribution >= 0.6 is 0 Å². The molecule has 0 aliphatic carbocycles. The number of hydrogen-bond donors (Lipinski definition) is 2. The summed E-state index contributed by atoms with van der Waals surface area (Å²) in [6.45, 7) is 2.18. The first kappa shape index (κ1) is 23.4. The van der Waals surface area contributed by atoms with Crippen LogP contribution < -0.4 is 10.6 Å². The van der Waals surface area contributed by atoms with Crippen molar-refractivity contribution in [1.82, 2.24) is 4.90 Å². The summed E-state index contributed by atoms with van der Waals surface area (Å²) in [5.74, 6) is -0.200. The predicted octanol–water partition coefficient (Wildman–Crippen LogP) is 4.60. The van der Waals surface area contributed by atoms with Gasteiger partial charge < -0.3 is 15.5 Å². The van der Waals surface area contributed by atoms with E-state index in [9.17, 15) is 14.4 Å². The highest BCUT2D eigenvalue weighted by Crippen LogP contribution is 2.21. The largest absolute Gasteiger partial charge is 0.326 e. The second-order valence-corrected chi connectivity index (χ2v) is 8.51. The normalized spacial score (nSPS) is 14.4. The standard InChI is InChI=1S/C28H29N3O3/c32-26(30-25-14-8-7-13-24(25)27(33)21-9-3-1-4-10-21)17-20-31-18-15-22(16-19-31)28(34)29-23-11-5-2-6-12-23/h1-14,22H,15-20H2,(H,29,34)(H,30,32). The third kappa shape index (κ3) is 6.17. The highest BCUT2D eigenvalue weighted by Gasteiger charge is 2.25. The molecule has 6 heteroatoms. The number of likely N-dealkylation sites (tertiary alicyclic amines) is 1. The van der Waals surface area contributed by atoms with Gasteiger partial charge in [-0.25, -0.2) is 0 Å². The van der Waals surface area contributed by atoms with Gasteiger partial charge in [0.15, 0.2) is 5.78 Å². The molecular weight excluding hydrogens is 426 g/mol. The zero-order valence-electron chi connectivity index (χ0n) is 19.1. The Kier molecular flexibility index (Phi) is 7.83. The molecule has 0 unspecified atom stereocenters. The van der Waals surface area contributed by atoms with Crippen molar-refractivity contribution in [2.24, 2.45) is 5.92 Å². The number of para-hydroxylation sites is 2. The lowest BCUT2D eigenvalue weighted by Gasteiger charge is -2.31. The molecule has 1 aliphatic heterocycles. The highest BCUT2D eigenvalue weighted by atomic mass is 16.2. The minimum Gasteiger partial charge on any atom is -0.326 e. The van der Waals surface area contributed by atoms with Gasteiger partial charge in [-0.2, -0.15) is 0 Å². The number of benzene rings is 3. The fourth-order valence-corrected chi connectivity index (χ4v) is 4.19. The molecule has 0 atom stereocenters. The monoisotopic (exact) mass is 455 g/mol. The highest BCUT2D eigenvalue weighted by molar-refractivity contribution is 6.13. The summed E-state index contributed by atoms with van der Waals surface area (Å²) in [7, 11) is 0. The van der Waals surface area contributed by atoms with Gasteiger partial charge in [-0.1, -0.05) is 60.7 Å². The van der Waals surface area contributed by atoms with Crippen LogP contribution in [0.4, 0.5) is 11.4 Å². The van der Waals surface area contributed by atoms with Crippen LogP contribution in [0.5, 0.6) is 0 Å². The Morgan fingerprint density at radius 1 is 0.765 bits per heavy atom. The summed E-state index contributed by atoms with van der Waals surface area (Å²) >= 11 is 0. The molecule has 0 spiro atoms. The van der Waals surface area contributed by atoms with Gasteiger partial charge in [-0.05, 0) is 50.2 Å². The summed E-state index contributed by atoms with van der Waals surface area (Å²) in [5, 5.41) is 5.89. The number of amides is 2. The number of rotatable bonds is 8. The number of carbonyl (C=O) groups excluding carboxylic acids is 3. The van der Waals surface area contributed by atoms with Crippen molar-refractivity contribution in [2.45, 2.75) is 19.3 Å². The van der Waals surface area contributed by atoms with Crippen molar-refractivity contribution >= 4 is 29.0 Å². The Morgan fingerprint density at radius 2 is 1.38 bits per heavy atom. The van der Waals surface area contributed by atoms with E-state index < -0.39 is 0 Å². The molecule has 1 heterocycles. The van der Waals surface area contributed by atoms with E-state index in [1.165, 1.54) is 0 Å². The number of carbonyl (C=O) groups is 3. The third-order valence-electron chi connectivity index (χ3n) is 6.14. The molecule has 2 amide bonds. The average molecular weight is 456 g/mol. The second kappa shape index (κ2) is 11.4. The molecule has 174 valence electrons. The van der Waals surface area contributed by atoms with Gasteiger partial charge in [-0.3, -0.25) is 14.4 Å². The van der Waals surface area contributed by atoms with Crippen LogP contribution in [-0.2, 0) is 9.59 Å². The lowest BCUT2D eigenvalue weighted by atomic mass is 9.95. The van der Waals surface area contributed by atoms with E-state index in [1.807, 2.05) is 54.6 Å². The van der Waals surface area contributed by atoms with Crippen LogP contribution in [0.15, 0.2) is 84.9 Å². The van der Waals surface area contributed by atoms with Gasteiger partial charge >= 0.3 is 0 Å². The Bertz CT molecular complexity index is 1120. The molecule has 0 saturated carbocycles. The first-order chi connectivity index (χ1) is 16.6. The number of anilines is 2. The fraction of sp³-hybridized carbons (Fsp3) is 0.250. The predicted molar refractivity (Wildman–Crippen MR) is 134 cm³/mol. The molecule has 0 radical (unpaired) electrons. The second-order valence-electron chi connectivity index (χ2n) is 8.51. The van der Waals surface area contributed by atoms with Crippen LogP contribution in [0.3, 0.4) is 0 Å². The summed E-state index contributed by atoms with van der Waals surface area (Å²) in [6.07, 6.45) is 1.87. The number of nitrogens with zero attached hydrogens (tertiary/aromatic N) is 1. The van der Waals surface area contributed by atoms with Crippen LogP contribution in [0.25, 0.3) is 0 Å². The number of nitrogens with one attached hydrogen (secondary N) is 2. The minimum absolute atomic E-state index is 0.0128. The number of piperidine rings is 1. The Balaban J connectivity index is 1.25. The topological polar surface area (TPSA) is 78.5 Å². The lowest BCUT2D eigenvalue weighted by molar-refractivity contribution is -0.121. The van der Waals surface area contributed by atoms with Gasteiger partial charge in [0.25, 0.3) is 0 Å².